The molecule has 0 bridgehead atoms. The topological polar surface area (TPSA) is 26.3 Å². The minimum absolute atomic E-state index is 0.0486. The molecular weight excluding hydrogens is 304 g/mol. The highest BCUT2D eigenvalue weighted by Gasteiger charge is 2.28. The van der Waals surface area contributed by atoms with E-state index < -0.39 is 0 Å². The quantitative estimate of drug-likeness (QED) is 0.731. The van der Waals surface area contributed by atoms with Gasteiger partial charge in [0.25, 0.3) is 0 Å². The number of halogens is 1. The van der Waals surface area contributed by atoms with Crippen molar-refractivity contribution in [2.45, 2.75) is 52.6 Å². The Morgan fingerprint density at radius 2 is 1.95 bits per heavy atom. The van der Waals surface area contributed by atoms with Crippen molar-refractivity contribution in [2.75, 3.05) is 0 Å². The standard InChI is InChI=1S/C16H21BrO2/c1-11(18)14-10-12(17)4-5-15(14)19-13-6-8-16(2,3)9-7-13/h4-5,10,13H,6-9H2,1-3H3. The van der Waals surface area contributed by atoms with Crippen LogP contribution < -0.4 is 4.74 Å². The number of carbonyl (C=O) groups is 1. The van der Waals surface area contributed by atoms with E-state index in [-0.39, 0.29) is 11.9 Å². The van der Waals surface area contributed by atoms with Crippen LogP contribution in [0, 0.1) is 5.41 Å². The third kappa shape index (κ3) is 3.82. The van der Waals surface area contributed by atoms with Crippen LogP contribution in [0.15, 0.2) is 22.7 Å². The number of hydrogen-bond donors (Lipinski definition) is 0. The number of ketones is 1. The fraction of sp³-hybridized carbons (Fsp3) is 0.562. The van der Waals surface area contributed by atoms with E-state index in [1.165, 1.54) is 12.8 Å². The summed E-state index contributed by atoms with van der Waals surface area (Å²) in [4.78, 5) is 11.7. The summed E-state index contributed by atoms with van der Waals surface area (Å²) in [7, 11) is 0. The van der Waals surface area contributed by atoms with Crippen LogP contribution in [0.5, 0.6) is 5.75 Å². The Labute approximate surface area is 123 Å². The van der Waals surface area contributed by atoms with Crippen molar-refractivity contribution in [1.29, 1.82) is 0 Å². The molecule has 0 N–H and O–H groups in total. The average molecular weight is 325 g/mol. The number of ether oxygens (including phenoxy) is 1. The highest BCUT2D eigenvalue weighted by atomic mass is 79.9. The zero-order valence-electron chi connectivity index (χ0n) is 11.8. The van der Waals surface area contributed by atoms with Crippen molar-refractivity contribution >= 4 is 21.7 Å². The van der Waals surface area contributed by atoms with Crippen LogP contribution in [0.3, 0.4) is 0 Å². The molecule has 2 nitrogen and oxygen atoms in total. The van der Waals surface area contributed by atoms with E-state index >= 15 is 0 Å². The predicted octanol–water partition coefficient (Wildman–Crippen LogP) is 5.00. The van der Waals surface area contributed by atoms with Gasteiger partial charge < -0.3 is 4.74 Å². The summed E-state index contributed by atoms with van der Waals surface area (Å²) < 4.78 is 6.97. The van der Waals surface area contributed by atoms with Gasteiger partial charge >= 0.3 is 0 Å². The van der Waals surface area contributed by atoms with E-state index in [0.29, 0.717) is 11.0 Å². The monoisotopic (exact) mass is 324 g/mol. The van der Waals surface area contributed by atoms with E-state index in [2.05, 4.69) is 29.8 Å². The molecule has 0 unspecified atom stereocenters. The fourth-order valence-electron chi connectivity index (χ4n) is 2.55. The molecule has 1 aliphatic rings. The first-order valence-corrected chi connectivity index (χ1v) is 7.64. The molecule has 19 heavy (non-hydrogen) atoms. The molecule has 1 aromatic rings. The Kier molecular flexibility index (Phi) is 4.34. The molecule has 0 saturated heterocycles. The molecule has 0 spiro atoms. The van der Waals surface area contributed by atoms with Gasteiger partial charge in [-0.3, -0.25) is 4.79 Å². The molecule has 0 aromatic heterocycles. The maximum atomic E-state index is 11.7. The van der Waals surface area contributed by atoms with Crippen molar-refractivity contribution < 1.29 is 9.53 Å². The van der Waals surface area contributed by atoms with Gasteiger partial charge in [-0.2, -0.15) is 0 Å². The van der Waals surface area contributed by atoms with E-state index in [4.69, 9.17) is 4.74 Å². The largest absolute Gasteiger partial charge is 0.490 e. The Hall–Kier alpha value is -0.830. The summed E-state index contributed by atoms with van der Waals surface area (Å²) >= 11 is 3.40. The molecule has 2 rings (SSSR count). The molecule has 0 atom stereocenters. The molecule has 104 valence electrons. The van der Waals surface area contributed by atoms with Gasteiger partial charge in [-0.25, -0.2) is 0 Å². The fourth-order valence-corrected chi connectivity index (χ4v) is 2.91. The summed E-state index contributed by atoms with van der Waals surface area (Å²) in [5, 5.41) is 0. The highest BCUT2D eigenvalue weighted by Crippen LogP contribution is 2.37. The summed E-state index contributed by atoms with van der Waals surface area (Å²) in [6.45, 7) is 6.20. The van der Waals surface area contributed by atoms with E-state index in [1.807, 2.05) is 18.2 Å². The number of carbonyl (C=O) groups excluding carboxylic acids is 1. The average Bonchev–Trinajstić information content (AvgIpc) is 2.33. The van der Waals surface area contributed by atoms with Crippen LogP contribution in [-0.2, 0) is 0 Å². The van der Waals surface area contributed by atoms with E-state index in [9.17, 15) is 4.79 Å². The SMILES string of the molecule is CC(=O)c1cc(Br)ccc1OC1CCC(C)(C)CC1. The Balaban J connectivity index is 2.10. The lowest BCUT2D eigenvalue weighted by Gasteiger charge is -2.34. The van der Waals surface area contributed by atoms with Crippen LogP contribution in [0.2, 0.25) is 0 Å². The van der Waals surface area contributed by atoms with Gasteiger partial charge in [0, 0.05) is 4.47 Å². The van der Waals surface area contributed by atoms with Crippen LogP contribution in [0.1, 0.15) is 56.8 Å². The normalized spacial score (nSPS) is 19.2. The smallest absolute Gasteiger partial charge is 0.163 e. The van der Waals surface area contributed by atoms with Crippen molar-refractivity contribution in [1.82, 2.24) is 0 Å². The molecule has 3 heteroatoms. The summed E-state index contributed by atoms with van der Waals surface area (Å²) in [6.07, 6.45) is 4.75. The van der Waals surface area contributed by atoms with Gasteiger partial charge in [0.2, 0.25) is 0 Å². The molecule has 0 heterocycles. The highest BCUT2D eigenvalue weighted by molar-refractivity contribution is 9.10. The second-order valence-corrected chi connectivity index (χ2v) is 7.09. The second-order valence-electron chi connectivity index (χ2n) is 6.18. The first-order chi connectivity index (χ1) is 8.87. The van der Waals surface area contributed by atoms with Gasteiger partial charge in [0.05, 0.1) is 11.7 Å². The molecule has 1 saturated carbocycles. The predicted molar refractivity (Wildman–Crippen MR) is 80.8 cm³/mol. The Morgan fingerprint density at radius 3 is 2.53 bits per heavy atom. The molecule has 0 radical (unpaired) electrons. The molecule has 1 aliphatic carbocycles. The van der Waals surface area contributed by atoms with Gasteiger partial charge in [0.15, 0.2) is 5.78 Å². The Morgan fingerprint density at radius 1 is 1.32 bits per heavy atom. The molecular formula is C16H21BrO2. The van der Waals surface area contributed by atoms with Crippen LogP contribution in [-0.4, -0.2) is 11.9 Å². The van der Waals surface area contributed by atoms with Gasteiger partial charge in [-0.05, 0) is 56.2 Å². The number of rotatable bonds is 3. The second kappa shape index (κ2) is 5.66. The number of hydrogen-bond acceptors (Lipinski definition) is 2. The maximum Gasteiger partial charge on any atom is 0.163 e. The lowest BCUT2D eigenvalue weighted by Crippen LogP contribution is -2.28. The van der Waals surface area contributed by atoms with Crippen molar-refractivity contribution in [3.8, 4) is 5.75 Å². The lowest BCUT2D eigenvalue weighted by molar-refractivity contribution is 0.0929. The molecule has 0 aliphatic heterocycles. The minimum atomic E-state index is 0.0486. The summed E-state index contributed by atoms with van der Waals surface area (Å²) in [6, 6.07) is 5.65. The summed E-state index contributed by atoms with van der Waals surface area (Å²) in [5.41, 5.74) is 1.10. The third-order valence-electron chi connectivity index (χ3n) is 3.90. The number of benzene rings is 1. The molecule has 0 amide bonds. The van der Waals surface area contributed by atoms with Crippen molar-refractivity contribution in [2.24, 2.45) is 5.41 Å². The first kappa shape index (κ1) is 14.6. The van der Waals surface area contributed by atoms with Gasteiger partial charge in [0.1, 0.15) is 5.75 Å². The third-order valence-corrected chi connectivity index (χ3v) is 4.39. The van der Waals surface area contributed by atoms with Crippen molar-refractivity contribution in [3.05, 3.63) is 28.2 Å². The molecule has 1 fully saturated rings. The zero-order valence-corrected chi connectivity index (χ0v) is 13.4. The van der Waals surface area contributed by atoms with E-state index in [0.717, 1.165) is 23.1 Å². The first-order valence-electron chi connectivity index (χ1n) is 6.84. The lowest BCUT2D eigenvalue weighted by atomic mass is 9.76. The maximum absolute atomic E-state index is 11.7. The van der Waals surface area contributed by atoms with Crippen LogP contribution in [0.4, 0.5) is 0 Å². The van der Waals surface area contributed by atoms with E-state index in [1.54, 1.807) is 6.92 Å². The minimum Gasteiger partial charge on any atom is -0.490 e. The zero-order chi connectivity index (χ0) is 14.0. The van der Waals surface area contributed by atoms with Gasteiger partial charge in [-0.15, -0.1) is 0 Å². The van der Waals surface area contributed by atoms with Gasteiger partial charge in [-0.1, -0.05) is 29.8 Å². The number of Topliss-reactive ketones (excluding diaryl/α,β-unsaturated/α-hetero) is 1. The van der Waals surface area contributed by atoms with Crippen LogP contribution in [0.25, 0.3) is 0 Å². The Bertz CT molecular complexity index is 470. The van der Waals surface area contributed by atoms with Crippen molar-refractivity contribution in [3.63, 3.8) is 0 Å². The molecule has 1 aromatic carbocycles. The summed E-state index contributed by atoms with van der Waals surface area (Å²) in [5.74, 6) is 0.771. The van der Waals surface area contributed by atoms with Crippen LogP contribution >= 0.6 is 15.9 Å².